The highest BCUT2D eigenvalue weighted by Gasteiger charge is 2.28. The Labute approximate surface area is 389 Å². The van der Waals surface area contributed by atoms with E-state index in [1.807, 2.05) is 0 Å². The highest BCUT2D eigenvalue weighted by molar-refractivity contribution is 5.97. The number of hydrogen-bond donors (Lipinski definition) is 6. The topological polar surface area (TPSA) is 236 Å². The number of aliphatic carboxylic acids is 1. The lowest BCUT2D eigenvalue weighted by Crippen LogP contribution is -2.45. The van der Waals surface area contributed by atoms with E-state index in [1.54, 1.807) is 38.1 Å². The number of carboxylic acid groups (broad SMARTS) is 1. The zero-order valence-electron chi connectivity index (χ0n) is 38.0. The van der Waals surface area contributed by atoms with E-state index < -0.39 is 93.1 Å². The van der Waals surface area contributed by atoms with Crippen LogP contribution in [-0.4, -0.2) is 69.7 Å². The van der Waals surface area contributed by atoms with E-state index in [2.05, 4.69) is 16.0 Å². The maximum Gasteiger partial charge on any atom is 0.330 e. The molecule has 362 valence electrons. The number of halogens is 4. The maximum absolute atomic E-state index is 15.3. The van der Waals surface area contributed by atoms with E-state index in [-0.39, 0.29) is 48.2 Å². The molecule has 0 aliphatic rings. The largest absolute Gasteiger partial charge is 0.480 e. The van der Waals surface area contributed by atoms with Crippen LogP contribution < -0.4 is 38.4 Å². The highest BCUT2D eigenvalue weighted by atomic mass is 19.1. The molecule has 6 N–H and O–H groups in total. The van der Waals surface area contributed by atoms with Crippen LogP contribution in [0.4, 0.5) is 17.6 Å². The van der Waals surface area contributed by atoms with Crippen molar-refractivity contribution >= 4 is 17.8 Å². The van der Waals surface area contributed by atoms with Gasteiger partial charge in [-0.25, -0.2) is 31.9 Å². The molecule has 2 aromatic heterocycles. The third kappa shape index (κ3) is 10.7. The Hall–Kier alpha value is -7.75. The zero-order chi connectivity index (χ0) is 50.8. The molecule has 0 bridgehead atoms. The van der Waals surface area contributed by atoms with Crippen LogP contribution in [0.1, 0.15) is 54.4 Å². The van der Waals surface area contributed by atoms with E-state index in [0.29, 0.717) is 33.6 Å². The van der Waals surface area contributed by atoms with Crippen molar-refractivity contribution in [1.29, 1.82) is 0 Å². The predicted molar refractivity (Wildman–Crippen MR) is 243 cm³/mol. The summed E-state index contributed by atoms with van der Waals surface area (Å²) < 4.78 is 65.6. The number of nitrogens with one attached hydrogen (secondary N) is 3. The van der Waals surface area contributed by atoms with Gasteiger partial charge >= 0.3 is 17.3 Å². The number of aromatic nitrogens is 4. The molecule has 17 nitrogen and oxygen atoms in total. The Morgan fingerprint density at radius 3 is 1.28 bits per heavy atom. The monoisotopic (exact) mass is 957 g/mol. The van der Waals surface area contributed by atoms with Crippen molar-refractivity contribution in [3.8, 4) is 22.3 Å². The summed E-state index contributed by atoms with van der Waals surface area (Å²) in [5.41, 5.74) is -1.13. The molecule has 2 amide bonds. The quantitative estimate of drug-likeness (QED) is 0.0609. The zero-order valence-corrected chi connectivity index (χ0v) is 38.0. The van der Waals surface area contributed by atoms with Crippen molar-refractivity contribution in [1.82, 2.24) is 34.2 Å². The van der Waals surface area contributed by atoms with E-state index >= 15 is 17.6 Å². The summed E-state index contributed by atoms with van der Waals surface area (Å²) in [6.07, 6.45) is -2.68. The summed E-state index contributed by atoms with van der Waals surface area (Å²) >= 11 is 0. The number of amides is 2. The van der Waals surface area contributed by atoms with Crippen LogP contribution in [0.2, 0.25) is 0 Å². The van der Waals surface area contributed by atoms with Crippen LogP contribution in [0, 0.1) is 37.1 Å². The standard InChI is InChI=1S/C48H47F4N7O10/c1-23-37(43(62)58(5)47(68)56(23)3)29-11-7-25(8-12-29)19-35(45(64)65)54-41(60)39-31(49)15-27(16-32(39)50)21-53-22-28-17-33(51)40(34(52)18-28)42(61)55-36(46(66)67)20-26-9-13-30(14-10-26)38-24(2)57(4)48(69)59(6)44(38)63/h7-18,35-36,45,53,64-65H,19-22H2,1-6H3,(H,54,60)(H,55,61)(H,66,67)/t35-,36-/m0/s1. The third-order valence-corrected chi connectivity index (χ3v) is 11.9. The van der Waals surface area contributed by atoms with Gasteiger partial charge in [0.05, 0.1) is 17.2 Å². The van der Waals surface area contributed by atoms with Gasteiger partial charge in [-0.15, -0.1) is 0 Å². The number of carbonyl (C=O) groups is 3. The molecule has 0 aliphatic heterocycles. The first-order valence-corrected chi connectivity index (χ1v) is 21.1. The number of nitrogens with zero attached hydrogens (tertiary/aromatic N) is 4. The van der Waals surface area contributed by atoms with E-state index in [1.165, 1.54) is 61.6 Å². The van der Waals surface area contributed by atoms with Gasteiger partial charge in [0, 0.05) is 59.1 Å². The first kappa shape index (κ1) is 50.7. The lowest BCUT2D eigenvalue weighted by Gasteiger charge is -2.21. The summed E-state index contributed by atoms with van der Waals surface area (Å²) in [7, 11) is 5.71. The van der Waals surface area contributed by atoms with Crippen LogP contribution in [0.25, 0.3) is 22.3 Å². The second-order valence-electron chi connectivity index (χ2n) is 16.5. The van der Waals surface area contributed by atoms with Crippen LogP contribution in [0.3, 0.4) is 0 Å². The minimum Gasteiger partial charge on any atom is -0.480 e. The van der Waals surface area contributed by atoms with Gasteiger partial charge in [0.2, 0.25) is 0 Å². The normalized spacial score (nSPS) is 12.2. The van der Waals surface area contributed by atoms with Crippen molar-refractivity contribution in [2.24, 2.45) is 28.2 Å². The third-order valence-electron chi connectivity index (χ3n) is 11.9. The molecular formula is C48H47F4N7O10. The Morgan fingerprint density at radius 2 is 0.913 bits per heavy atom. The number of carboxylic acids is 1. The summed E-state index contributed by atoms with van der Waals surface area (Å²) in [4.78, 5) is 88.5. The van der Waals surface area contributed by atoms with Crippen molar-refractivity contribution < 1.29 is 47.3 Å². The minimum atomic E-state index is -2.16. The van der Waals surface area contributed by atoms with Gasteiger partial charge in [-0.05, 0) is 77.9 Å². The van der Waals surface area contributed by atoms with Gasteiger partial charge in [-0.1, -0.05) is 48.5 Å². The first-order valence-electron chi connectivity index (χ1n) is 21.1. The Morgan fingerprint density at radius 1 is 0.551 bits per heavy atom. The Kier molecular flexibility index (Phi) is 15.1. The van der Waals surface area contributed by atoms with E-state index in [4.69, 9.17) is 0 Å². The predicted octanol–water partition coefficient (Wildman–Crippen LogP) is 2.36. The molecule has 21 heteroatoms. The number of carbonyl (C=O) groups excluding carboxylic acids is 2. The lowest BCUT2D eigenvalue weighted by molar-refractivity contribution is -0.139. The van der Waals surface area contributed by atoms with Crippen LogP contribution in [0.5, 0.6) is 0 Å². The second kappa shape index (κ2) is 20.6. The Bertz CT molecular complexity index is 3210. The fraction of sp³-hybridized carbons (Fsp3) is 0.271. The van der Waals surface area contributed by atoms with Gasteiger partial charge in [0.1, 0.15) is 40.4 Å². The van der Waals surface area contributed by atoms with Gasteiger partial charge in [-0.3, -0.25) is 28.3 Å². The molecule has 2 atom stereocenters. The minimum absolute atomic E-state index is 0.0263. The van der Waals surface area contributed by atoms with Gasteiger partial charge < -0.3 is 40.4 Å². The molecule has 69 heavy (non-hydrogen) atoms. The molecule has 6 aromatic rings. The molecule has 0 saturated carbocycles. The molecule has 0 spiro atoms. The van der Waals surface area contributed by atoms with Crippen molar-refractivity contribution in [3.63, 3.8) is 0 Å². The average Bonchev–Trinajstić information content (AvgIpc) is 3.29. The number of benzene rings is 4. The molecule has 0 aliphatic carbocycles. The van der Waals surface area contributed by atoms with Gasteiger partial charge in [0.25, 0.3) is 22.9 Å². The van der Waals surface area contributed by atoms with Crippen LogP contribution in [-0.2, 0) is 58.9 Å². The number of rotatable bonds is 16. The van der Waals surface area contributed by atoms with Crippen LogP contribution in [0.15, 0.2) is 92.0 Å². The number of aliphatic hydroxyl groups is 2. The molecular weight excluding hydrogens is 911 g/mol. The molecule has 4 aromatic carbocycles. The van der Waals surface area contributed by atoms with Gasteiger partial charge in [0.15, 0.2) is 6.29 Å². The maximum atomic E-state index is 15.3. The SMILES string of the molecule is Cc1c(-c2ccc(C[C@H](NC(=O)c3c(F)cc(CNCc4cc(F)c(C(=O)N[C@@H](Cc5ccc(-c6c(C)n(C)c(=O)n(C)c6=O)cc5)C(O)O)c(F)c4)cc3F)C(=O)O)cc2)c(=O)n(C)c(=O)n1C. The molecule has 0 unspecified atom stereocenters. The number of aliphatic hydroxyl groups excluding tert-OH is 1. The number of hydrogen-bond acceptors (Lipinski definition) is 10. The van der Waals surface area contributed by atoms with Crippen LogP contribution >= 0.6 is 0 Å². The molecule has 0 fully saturated rings. The van der Waals surface area contributed by atoms with E-state index in [0.717, 1.165) is 33.4 Å². The van der Waals surface area contributed by atoms with Crippen molar-refractivity contribution in [2.75, 3.05) is 0 Å². The summed E-state index contributed by atoms with van der Waals surface area (Å²) in [5, 5.41) is 37.1. The molecule has 6 rings (SSSR count). The fourth-order valence-electron chi connectivity index (χ4n) is 7.80. The fourth-order valence-corrected chi connectivity index (χ4v) is 7.80. The van der Waals surface area contributed by atoms with Gasteiger partial charge in [-0.2, -0.15) is 0 Å². The summed E-state index contributed by atoms with van der Waals surface area (Å²) in [5.74, 6) is -9.42. The van der Waals surface area contributed by atoms with E-state index in [9.17, 15) is 48.9 Å². The highest BCUT2D eigenvalue weighted by Crippen LogP contribution is 2.23. The average molecular weight is 958 g/mol. The van der Waals surface area contributed by atoms with Crippen molar-refractivity contribution in [3.05, 3.63) is 183 Å². The lowest BCUT2D eigenvalue weighted by atomic mass is 9.99. The summed E-state index contributed by atoms with van der Waals surface area (Å²) in [6, 6.07) is 12.5. The smallest absolute Gasteiger partial charge is 0.330 e. The second-order valence-corrected chi connectivity index (χ2v) is 16.5. The first-order chi connectivity index (χ1) is 32.5. The molecule has 0 saturated heterocycles. The van der Waals surface area contributed by atoms with Crippen molar-refractivity contribution in [2.45, 2.75) is 58.2 Å². The Balaban J connectivity index is 1.06. The molecule has 0 radical (unpaired) electrons. The molecule has 2 heterocycles. The summed E-state index contributed by atoms with van der Waals surface area (Å²) in [6.45, 7) is 2.66.